The Hall–Kier alpha value is -4.67. The van der Waals surface area contributed by atoms with Crippen molar-refractivity contribution in [3.8, 4) is 51.7 Å². The van der Waals surface area contributed by atoms with Gasteiger partial charge >= 0.3 is 5.97 Å². The average molecular weight is 529 g/mol. The highest BCUT2D eigenvalue weighted by atomic mass is 16.6. The average Bonchev–Trinajstić information content (AvgIpc) is 2.93. The molecular formula is C27H28O11. The molecule has 202 valence electrons. The molecule has 1 aliphatic heterocycles. The SMILES string of the molecule is COc1cc(OC)c2c(c1)OC(c1cc(OC)c(OC)c(OC)c1)C(OC(=O)c1cc(O)c(O)c(O)c1)C2. The van der Waals surface area contributed by atoms with E-state index in [0.717, 1.165) is 12.1 Å². The van der Waals surface area contributed by atoms with E-state index >= 15 is 0 Å². The first-order chi connectivity index (χ1) is 18.2. The fourth-order valence-corrected chi connectivity index (χ4v) is 4.30. The lowest BCUT2D eigenvalue weighted by atomic mass is 9.93. The van der Waals surface area contributed by atoms with Gasteiger partial charge in [-0.05, 0) is 24.3 Å². The van der Waals surface area contributed by atoms with Crippen LogP contribution in [0.2, 0.25) is 0 Å². The van der Waals surface area contributed by atoms with Crippen molar-refractivity contribution in [2.24, 2.45) is 0 Å². The second kappa shape index (κ2) is 10.8. The Morgan fingerprint density at radius 2 is 1.39 bits per heavy atom. The molecule has 1 aliphatic rings. The van der Waals surface area contributed by atoms with Crippen molar-refractivity contribution in [3.63, 3.8) is 0 Å². The summed E-state index contributed by atoms with van der Waals surface area (Å²) >= 11 is 0. The molecule has 3 N–H and O–H groups in total. The van der Waals surface area contributed by atoms with Crippen LogP contribution in [0.3, 0.4) is 0 Å². The van der Waals surface area contributed by atoms with Crippen LogP contribution in [-0.4, -0.2) is 62.9 Å². The first kappa shape index (κ1) is 26.4. The molecule has 0 fully saturated rings. The Kier molecular flexibility index (Phi) is 7.47. The van der Waals surface area contributed by atoms with Gasteiger partial charge in [-0.15, -0.1) is 0 Å². The van der Waals surface area contributed by atoms with Crippen LogP contribution < -0.4 is 28.4 Å². The lowest BCUT2D eigenvalue weighted by Gasteiger charge is -2.34. The summed E-state index contributed by atoms with van der Waals surface area (Å²) in [5.41, 5.74) is 1.03. The zero-order valence-corrected chi connectivity index (χ0v) is 21.4. The minimum absolute atomic E-state index is 0.172. The standard InChI is InChI=1S/C27H28O11/c1-32-15-10-19(33-2)16-12-23(38-27(31)14-6-17(28)24(30)18(29)7-14)25(37-20(16)11-15)13-8-21(34-3)26(36-5)22(9-13)35-4/h6-11,23,25,28-30H,12H2,1-5H3. The van der Waals surface area contributed by atoms with Crippen molar-refractivity contribution in [2.75, 3.05) is 35.5 Å². The third-order valence-electron chi connectivity index (χ3n) is 6.17. The Morgan fingerprint density at radius 3 is 1.92 bits per heavy atom. The molecule has 1 heterocycles. The maximum atomic E-state index is 13.1. The van der Waals surface area contributed by atoms with Gasteiger partial charge in [-0.3, -0.25) is 0 Å². The van der Waals surface area contributed by atoms with Gasteiger partial charge < -0.3 is 48.5 Å². The topological polar surface area (TPSA) is 142 Å². The van der Waals surface area contributed by atoms with Crippen LogP contribution in [0.5, 0.6) is 51.7 Å². The van der Waals surface area contributed by atoms with Crippen LogP contribution in [-0.2, 0) is 11.2 Å². The van der Waals surface area contributed by atoms with Gasteiger partial charge in [0.15, 0.2) is 34.9 Å². The van der Waals surface area contributed by atoms with Crippen molar-refractivity contribution < 1.29 is 53.3 Å². The molecule has 11 nitrogen and oxygen atoms in total. The van der Waals surface area contributed by atoms with Crippen LogP contribution in [0.1, 0.15) is 27.6 Å². The number of methoxy groups -OCH3 is 5. The van der Waals surface area contributed by atoms with Gasteiger partial charge in [0.1, 0.15) is 23.4 Å². The number of rotatable bonds is 8. The molecule has 11 heteroatoms. The van der Waals surface area contributed by atoms with E-state index in [1.807, 2.05) is 0 Å². The van der Waals surface area contributed by atoms with E-state index in [1.165, 1.54) is 35.5 Å². The lowest BCUT2D eigenvalue weighted by molar-refractivity contribution is -0.0189. The second-order valence-corrected chi connectivity index (χ2v) is 8.31. The molecule has 0 aromatic heterocycles. The van der Waals surface area contributed by atoms with Gasteiger partial charge in [0.25, 0.3) is 0 Å². The number of aromatic hydroxyl groups is 3. The largest absolute Gasteiger partial charge is 0.504 e. The highest BCUT2D eigenvalue weighted by Gasteiger charge is 2.38. The highest BCUT2D eigenvalue weighted by molar-refractivity contribution is 5.91. The predicted molar refractivity (Wildman–Crippen MR) is 133 cm³/mol. The monoisotopic (exact) mass is 528 g/mol. The molecule has 4 rings (SSSR count). The number of ether oxygens (including phenoxy) is 7. The normalized spacial score (nSPS) is 16.0. The molecule has 3 aromatic carbocycles. The molecule has 0 saturated heterocycles. The molecule has 0 spiro atoms. The van der Waals surface area contributed by atoms with Gasteiger partial charge in [0.2, 0.25) is 5.75 Å². The quantitative estimate of drug-likeness (QED) is 0.291. The van der Waals surface area contributed by atoms with Crippen LogP contribution >= 0.6 is 0 Å². The highest BCUT2D eigenvalue weighted by Crippen LogP contribution is 2.47. The summed E-state index contributed by atoms with van der Waals surface area (Å²) in [4.78, 5) is 13.1. The Labute approximate surface area is 218 Å². The Balaban J connectivity index is 1.81. The minimum atomic E-state index is -0.904. The van der Waals surface area contributed by atoms with Crippen LogP contribution in [0.15, 0.2) is 36.4 Å². The van der Waals surface area contributed by atoms with Gasteiger partial charge in [0.05, 0.1) is 41.1 Å². The van der Waals surface area contributed by atoms with Crippen molar-refractivity contribution in [2.45, 2.75) is 18.6 Å². The first-order valence-electron chi connectivity index (χ1n) is 11.4. The third kappa shape index (κ3) is 4.82. The van der Waals surface area contributed by atoms with Crippen LogP contribution in [0.25, 0.3) is 0 Å². The summed E-state index contributed by atoms with van der Waals surface area (Å²) in [5.74, 6) is -0.374. The molecule has 0 saturated carbocycles. The number of fused-ring (bicyclic) bond motifs is 1. The van der Waals surface area contributed by atoms with E-state index in [4.69, 9.17) is 33.2 Å². The number of benzene rings is 3. The molecule has 0 radical (unpaired) electrons. The van der Waals surface area contributed by atoms with Gasteiger partial charge in [0, 0.05) is 29.7 Å². The maximum absolute atomic E-state index is 13.1. The number of phenolic OH excluding ortho intramolecular Hbond substituents is 3. The van der Waals surface area contributed by atoms with Crippen molar-refractivity contribution in [1.29, 1.82) is 0 Å². The molecule has 38 heavy (non-hydrogen) atoms. The van der Waals surface area contributed by atoms with E-state index in [2.05, 4.69) is 0 Å². The summed E-state index contributed by atoms with van der Waals surface area (Å²) in [6.07, 6.45) is -1.57. The smallest absolute Gasteiger partial charge is 0.338 e. The maximum Gasteiger partial charge on any atom is 0.338 e. The molecule has 0 aliphatic carbocycles. The number of esters is 1. The van der Waals surface area contributed by atoms with Crippen LogP contribution in [0.4, 0.5) is 0 Å². The summed E-state index contributed by atoms with van der Waals surface area (Å²) in [6.45, 7) is 0. The van der Waals surface area contributed by atoms with Crippen molar-refractivity contribution in [1.82, 2.24) is 0 Å². The van der Waals surface area contributed by atoms with Gasteiger partial charge in [-0.2, -0.15) is 0 Å². The molecule has 0 bridgehead atoms. The minimum Gasteiger partial charge on any atom is -0.504 e. The van der Waals surface area contributed by atoms with E-state index in [-0.39, 0.29) is 12.0 Å². The van der Waals surface area contributed by atoms with Crippen molar-refractivity contribution >= 4 is 5.97 Å². The first-order valence-corrected chi connectivity index (χ1v) is 11.4. The fourth-order valence-electron chi connectivity index (χ4n) is 4.30. The molecular weight excluding hydrogens is 500 g/mol. The number of hydrogen-bond donors (Lipinski definition) is 3. The Bertz CT molecular complexity index is 1300. The summed E-state index contributed by atoms with van der Waals surface area (Å²) < 4.78 is 39.5. The molecule has 2 atom stereocenters. The number of phenols is 3. The zero-order chi connectivity index (χ0) is 27.6. The molecule has 2 unspecified atom stereocenters. The number of hydrogen-bond acceptors (Lipinski definition) is 11. The van der Waals surface area contributed by atoms with E-state index in [0.29, 0.717) is 45.6 Å². The van der Waals surface area contributed by atoms with Crippen molar-refractivity contribution in [3.05, 3.63) is 53.1 Å². The van der Waals surface area contributed by atoms with Gasteiger partial charge in [-0.25, -0.2) is 4.79 Å². The predicted octanol–water partition coefficient (Wildman–Crippen LogP) is 3.75. The van der Waals surface area contributed by atoms with Crippen LogP contribution in [0, 0.1) is 0 Å². The summed E-state index contributed by atoms with van der Waals surface area (Å²) in [6, 6.07) is 8.76. The number of carbonyl (C=O) groups excluding carboxylic acids is 1. The second-order valence-electron chi connectivity index (χ2n) is 8.31. The molecule has 0 amide bonds. The molecule has 3 aromatic rings. The van der Waals surface area contributed by atoms with E-state index in [1.54, 1.807) is 24.3 Å². The third-order valence-corrected chi connectivity index (χ3v) is 6.17. The van der Waals surface area contributed by atoms with E-state index in [9.17, 15) is 20.1 Å². The number of carbonyl (C=O) groups is 1. The summed E-state index contributed by atoms with van der Waals surface area (Å²) in [7, 11) is 7.47. The lowest BCUT2D eigenvalue weighted by Crippen LogP contribution is -2.35. The fraction of sp³-hybridized carbons (Fsp3) is 0.296. The Morgan fingerprint density at radius 1 is 0.789 bits per heavy atom. The zero-order valence-electron chi connectivity index (χ0n) is 21.4. The van der Waals surface area contributed by atoms with E-state index < -0.39 is 35.4 Å². The van der Waals surface area contributed by atoms with Gasteiger partial charge in [-0.1, -0.05) is 0 Å². The summed E-state index contributed by atoms with van der Waals surface area (Å²) in [5, 5.41) is 29.4.